The Kier molecular flexibility index (Phi) is 6.46. The molecule has 1 aromatic rings. The molecule has 2 atom stereocenters. The summed E-state index contributed by atoms with van der Waals surface area (Å²) in [5, 5.41) is 10.4. The van der Waals surface area contributed by atoms with Gasteiger partial charge in [0.1, 0.15) is 11.1 Å². The lowest BCUT2D eigenvalue weighted by molar-refractivity contribution is -0.372. The van der Waals surface area contributed by atoms with Gasteiger partial charge >= 0.3 is 0 Å². The highest BCUT2D eigenvalue weighted by atomic mass is 35.5. The number of anilines is 1. The van der Waals surface area contributed by atoms with E-state index in [4.69, 9.17) is 39.5 Å². The van der Waals surface area contributed by atoms with Crippen LogP contribution in [-0.4, -0.2) is 25.8 Å². The van der Waals surface area contributed by atoms with Gasteiger partial charge in [0.25, 0.3) is 10.3 Å². The zero-order valence-corrected chi connectivity index (χ0v) is 16.2. The summed E-state index contributed by atoms with van der Waals surface area (Å²) in [6.07, 6.45) is 9.91. The molecule has 1 aliphatic carbocycles. The van der Waals surface area contributed by atoms with Gasteiger partial charge in [-0.05, 0) is 61.2 Å². The Bertz CT molecular complexity index is 696. The molecular formula is C18H21Cl3N3O+. The number of halogens is 3. The molecule has 7 heteroatoms. The number of allylic oxidation sites excluding steroid dienone is 2. The van der Waals surface area contributed by atoms with Crippen molar-refractivity contribution in [3.8, 4) is 6.07 Å². The first kappa shape index (κ1) is 18.8. The van der Waals surface area contributed by atoms with Crippen molar-refractivity contribution >= 4 is 40.5 Å². The van der Waals surface area contributed by atoms with Crippen molar-refractivity contribution in [3.63, 3.8) is 0 Å². The lowest BCUT2D eigenvalue weighted by Crippen LogP contribution is -2.37. The smallest absolute Gasteiger partial charge is 0.295 e. The van der Waals surface area contributed by atoms with Crippen molar-refractivity contribution in [2.75, 3.05) is 24.6 Å². The molecule has 1 aromatic heterocycles. The van der Waals surface area contributed by atoms with Crippen molar-refractivity contribution in [1.29, 1.82) is 5.26 Å². The average Bonchev–Trinajstić information content (AvgIpc) is 3.11. The molecule has 0 radical (unpaired) electrons. The van der Waals surface area contributed by atoms with Crippen molar-refractivity contribution in [1.82, 2.24) is 0 Å². The Labute approximate surface area is 163 Å². The summed E-state index contributed by atoms with van der Waals surface area (Å²) >= 11 is 18.9. The zero-order chi connectivity index (χ0) is 17.8. The second-order valence-electron chi connectivity index (χ2n) is 6.59. The van der Waals surface area contributed by atoms with E-state index >= 15 is 0 Å². The van der Waals surface area contributed by atoms with Crippen LogP contribution in [0.1, 0.15) is 37.7 Å². The number of hydrogen-bond acceptors (Lipinski definition) is 3. The third kappa shape index (κ3) is 4.41. The van der Waals surface area contributed by atoms with E-state index in [9.17, 15) is 5.26 Å². The number of ether oxygens (including phenoxy) is 1. The molecule has 1 aliphatic heterocycles. The minimum Gasteiger partial charge on any atom is -0.376 e. The highest BCUT2D eigenvalue weighted by Crippen LogP contribution is 2.37. The quantitative estimate of drug-likeness (QED) is 0.532. The fraction of sp³-hybridized carbons (Fsp3) is 0.556. The van der Waals surface area contributed by atoms with Crippen molar-refractivity contribution in [2.24, 2.45) is 5.92 Å². The van der Waals surface area contributed by atoms with Gasteiger partial charge in [-0.2, -0.15) is 10.2 Å². The molecule has 0 spiro atoms. The number of nitrogens with one attached hydrogen (secondary N) is 1. The minimum absolute atomic E-state index is 0.142. The number of rotatable bonds is 5. The topological polar surface area (TPSA) is 50.4 Å². The molecule has 1 saturated heterocycles. The Morgan fingerprint density at radius 3 is 2.68 bits per heavy atom. The first-order valence-electron chi connectivity index (χ1n) is 8.61. The van der Waals surface area contributed by atoms with Crippen LogP contribution in [0.15, 0.2) is 12.2 Å². The summed E-state index contributed by atoms with van der Waals surface area (Å²) < 4.78 is 5.81. The molecule has 0 unspecified atom stereocenters. The molecule has 0 bridgehead atoms. The molecule has 1 N–H and O–H groups in total. The van der Waals surface area contributed by atoms with Crippen molar-refractivity contribution < 1.29 is 9.72 Å². The van der Waals surface area contributed by atoms with E-state index in [1.165, 1.54) is 0 Å². The predicted molar refractivity (Wildman–Crippen MR) is 100 cm³/mol. The Morgan fingerprint density at radius 2 is 2.04 bits per heavy atom. The van der Waals surface area contributed by atoms with E-state index in [2.05, 4.69) is 28.1 Å². The average molecular weight is 402 g/mol. The lowest BCUT2D eigenvalue weighted by atomic mass is 9.93. The van der Waals surface area contributed by atoms with Gasteiger partial charge in [0.15, 0.2) is 5.56 Å². The standard InChI is InChI=1S/C18H20Cl3N3O/c19-15-16(14(9-22)17(20)23-18(15)21)24(11-13-7-4-8-25-13)10-12-5-2-1-3-6-12/h1-2,12-13H,3-8,10-11H2/p+1/t12-,13+/m0/s1. The molecule has 2 aliphatic rings. The number of aromatic nitrogens is 1. The highest BCUT2D eigenvalue weighted by Gasteiger charge is 2.30. The number of nitriles is 1. The third-order valence-electron chi connectivity index (χ3n) is 4.81. The lowest BCUT2D eigenvalue weighted by Gasteiger charge is -2.32. The summed E-state index contributed by atoms with van der Waals surface area (Å²) in [4.78, 5) is 4.90. The molecule has 0 saturated carbocycles. The molecule has 4 nitrogen and oxygen atoms in total. The summed E-state index contributed by atoms with van der Waals surface area (Å²) in [5.74, 6) is 0.510. The van der Waals surface area contributed by atoms with E-state index in [1.54, 1.807) is 0 Å². The maximum atomic E-state index is 9.60. The monoisotopic (exact) mass is 400 g/mol. The Balaban J connectivity index is 1.95. The molecule has 25 heavy (non-hydrogen) atoms. The summed E-state index contributed by atoms with van der Waals surface area (Å²) in [6.45, 7) is 2.27. The fourth-order valence-corrected chi connectivity index (χ4v) is 4.28. The minimum atomic E-state index is 0.142. The first-order chi connectivity index (χ1) is 12.1. The van der Waals surface area contributed by atoms with Crippen LogP contribution in [0, 0.1) is 17.2 Å². The van der Waals surface area contributed by atoms with Crippen molar-refractivity contribution in [2.45, 2.75) is 38.2 Å². The summed E-state index contributed by atoms with van der Waals surface area (Å²) in [6, 6.07) is 2.17. The largest absolute Gasteiger partial charge is 0.376 e. The summed E-state index contributed by atoms with van der Waals surface area (Å²) in [5.41, 5.74) is 0.948. The van der Waals surface area contributed by atoms with Crippen LogP contribution in [-0.2, 0) is 4.74 Å². The molecule has 2 heterocycles. The fourth-order valence-electron chi connectivity index (χ4n) is 3.56. The molecule has 0 aromatic carbocycles. The SMILES string of the molecule is N#Cc1c(Cl)[nH+]c(Cl)c(Cl)c1N(C[C@H]1CC=CCC1)C[C@H]1CCCO1. The van der Waals surface area contributed by atoms with Crippen LogP contribution < -0.4 is 9.88 Å². The number of pyridine rings is 1. The van der Waals surface area contributed by atoms with Gasteiger partial charge in [-0.15, -0.1) is 0 Å². The second kappa shape index (κ2) is 8.60. The highest BCUT2D eigenvalue weighted by molar-refractivity contribution is 6.43. The van der Waals surface area contributed by atoms with Crippen molar-refractivity contribution in [3.05, 3.63) is 33.0 Å². The Hall–Kier alpha value is -0.990. The molecule has 3 rings (SSSR count). The summed E-state index contributed by atoms with van der Waals surface area (Å²) in [7, 11) is 0. The first-order valence-corrected chi connectivity index (χ1v) is 9.75. The number of H-pyrrole nitrogens is 1. The number of nitrogens with zero attached hydrogens (tertiary/aromatic N) is 2. The Morgan fingerprint density at radius 1 is 1.20 bits per heavy atom. The maximum absolute atomic E-state index is 9.60. The zero-order valence-electron chi connectivity index (χ0n) is 13.9. The van der Waals surface area contributed by atoms with Gasteiger partial charge in [-0.1, -0.05) is 23.8 Å². The van der Waals surface area contributed by atoms with Crippen LogP contribution in [0.25, 0.3) is 0 Å². The van der Waals surface area contributed by atoms with E-state index < -0.39 is 0 Å². The van der Waals surface area contributed by atoms with E-state index in [1.807, 2.05) is 0 Å². The molecule has 134 valence electrons. The van der Waals surface area contributed by atoms with Gasteiger partial charge in [-0.25, -0.2) is 0 Å². The van der Waals surface area contributed by atoms with Gasteiger partial charge in [0.2, 0.25) is 0 Å². The van der Waals surface area contributed by atoms with E-state index in [0.29, 0.717) is 28.7 Å². The van der Waals surface area contributed by atoms with Gasteiger partial charge < -0.3 is 9.64 Å². The molecular weight excluding hydrogens is 381 g/mol. The van der Waals surface area contributed by atoms with Crippen LogP contribution in [0.2, 0.25) is 15.3 Å². The maximum Gasteiger partial charge on any atom is 0.295 e. The molecule has 0 amide bonds. The van der Waals surface area contributed by atoms with Crippen LogP contribution in [0.4, 0.5) is 5.69 Å². The van der Waals surface area contributed by atoms with Gasteiger partial charge in [-0.3, -0.25) is 0 Å². The predicted octanol–water partition coefficient (Wildman–Crippen LogP) is 4.67. The number of aromatic amines is 1. The van der Waals surface area contributed by atoms with Crippen LogP contribution in [0.5, 0.6) is 0 Å². The van der Waals surface area contributed by atoms with Crippen LogP contribution in [0.3, 0.4) is 0 Å². The second-order valence-corrected chi connectivity index (χ2v) is 7.73. The number of hydrogen-bond donors (Lipinski definition) is 0. The normalized spacial score (nSPS) is 22.8. The van der Waals surface area contributed by atoms with Gasteiger partial charge in [0.05, 0.1) is 11.8 Å². The van der Waals surface area contributed by atoms with E-state index in [-0.39, 0.29) is 16.4 Å². The van der Waals surface area contributed by atoms with E-state index in [0.717, 1.165) is 45.3 Å². The third-order valence-corrected chi connectivity index (χ3v) is 5.84. The van der Waals surface area contributed by atoms with Crippen LogP contribution >= 0.6 is 34.8 Å². The van der Waals surface area contributed by atoms with Gasteiger partial charge in [0, 0.05) is 19.7 Å². The molecule has 1 fully saturated rings.